The predicted molar refractivity (Wildman–Crippen MR) is 63.3 cm³/mol. The van der Waals surface area contributed by atoms with Gasteiger partial charge in [0.2, 0.25) is 0 Å². The third kappa shape index (κ3) is 1.32. The number of hydrogen-bond acceptors (Lipinski definition) is 3. The lowest BCUT2D eigenvalue weighted by Crippen LogP contribution is -1.96. The predicted octanol–water partition coefficient (Wildman–Crippen LogP) is 2.00. The Bertz CT molecular complexity index is 637. The molecule has 0 aliphatic rings. The van der Waals surface area contributed by atoms with Crippen LogP contribution in [0.5, 0.6) is 0 Å². The van der Waals surface area contributed by atoms with E-state index in [4.69, 9.17) is 5.73 Å². The van der Waals surface area contributed by atoms with Crippen LogP contribution in [0.1, 0.15) is 0 Å². The van der Waals surface area contributed by atoms with Gasteiger partial charge in [0.15, 0.2) is 0 Å². The van der Waals surface area contributed by atoms with Crippen LogP contribution in [-0.4, -0.2) is 14.8 Å². The molecule has 0 radical (unpaired) electrons. The molecule has 2 heterocycles. The highest BCUT2D eigenvalue weighted by atomic mass is 15.3. The Kier molecular flexibility index (Phi) is 1.86. The fraction of sp³-hybridized carbons (Fsp3) is 0. The number of anilines is 1. The molecule has 1 aromatic carbocycles. The van der Waals surface area contributed by atoms with Crippen molar-refractivity contribution in [2.75, 3.05) is 5.73 Å². The van der Waals surface area contributed by atoms with Crippen molar-refractivity contribution in [2.45, 2.75) is 0 Å². The molecule has 0 spiro atoms. The average Bonchev–Trinajstić information content (AvgIpc) is 2.75. The Hall–Kier alpha value is -2.36. The van der Waals surface area contributed by atoms with Crippen LogP contribution in [-0.2, 0) is 0 Å². The summed E-state index contributed by atoms with van der Waals surface area (Å²) in [5.74, 6) is 0. The summed E-state index contributed by atoms with van der Waals surface area (Å²) in [5.41, 5.74) is 7.24. The number of hydrogen-bond donors (Lipinski definition) is 1. The van der Waals surface area contributed by atoms with E-state index in [-0.39, 0.29) is 0 Å². The van der Waals surface area contributed by atoms with Gasteiger partial charge in [0.1, 0.15) is 0 Å². The number of pyridine rings is 1. The third-order valence-corrected chi connectivity index (χ3v) is 2.50. The highest BCUT2D eigenvalue weighted by Crippen LogP contribution is 2.20. The van der Waals surface area contributed by atoms with Gasteiger partial charge in [0.25, 0.3) is 0 Å². The minimum atomic E-state index is 0.646. The molecule has 0 bridgehead atoms. The van der Waals surface area contributed by atoms with Crippen LogP contribution in [0, 0.1) is 0 Å². The maximum atomic E-state index is 5.66. The Morgan fingerprint density at radius 2 is 1.94 bits per heavy atom. The van der Waals surface area contributed by atoms with Gasteiger partial charge in [-0.3, -0.25) is 4.98 Å². The van der Waals surface area contributed by atoms with Gasteiger partial charge < -0.3 is 5.73 Å². The monoisotopic (exact) mass is 210 g/mol. The standard InChI is InChI=1S/C12H10N4/c13-10-6-15-16(8-10)12-7-14-5-9-3-1-2-4-11(9)12/h1-8H,13H2. The summed E-state index contributed by atoms with van der Waals surface area (Å²) in [6.45, 7) is 0. The molecule has 16 heavy (non-hydrogen) atoms. The normalized spacial score (nSPS) is 10.8. The van der Waals surface area contributed by atoms with Gasteiger partial charge in [0.05, 0.1) is 30.0 Å². The molecule has 0 saturated carbocycles. The van der Waals surface area contributed by atoms with Gasteiger partial charge >= 0.3 is 0 Å². The van der Waals surface area contributed by atoms with Crippen LogP contribution in [0.3, 0.4) is 0 Å². The first kappa shape index (κ1) is 8.91. The number of nitrogens with zero attached hydrogens (tertiary/aromatic N) is 3. The summed E-state index contributed by atoms with van der Waals surface area (Å²) < 4.78 is 1.74. The lowest BCUT2D eigenvalue weighted by Gasteiger charge is -2.04. The Labute approximate surface area is 92.3 Å². The fourth-order valence-corrected chi connectivity index (χ4v) is 1.75. The van der Waals surface area contributed by atoms with E-state index in [0.717, 1.165) is 16.5 Å². The lowest BCUT2D eigenvalue weighted by molar-refractivity contribution is 0.882. The maximum Gasteiger partial charge on any atom is 0.0907 e. The van der Waals surface area contributed by atoms with Gasteiger partial charge in [-0.15, -0.1) is 0 Å². The first-order valence-corrected chi connectivity index (χ1v) is 4.98. The average molecular weight is 210 g/mol. The second-order valence-electron chi connectivity index (χ2n) is 3.60. The summed E-state index contributed by atoms with van der Waals surface area (Å²) in [6, 6.07) is 8.06. The highest BCUT2D eigenvalue weighted by Gasteiger charge is 2.03. The zero-order valence-electron chi connectivity index (χ0n) is 8.54. The van der Waals surface area contributed by atoms with Crippen molar-refractivity contribution in [1.82, 2.24) is 14.8 Å². The molecule has 3 rings (SSSR count). The van der Waals surface area contributed by atoms with Crippen LogP contribution < -0.4 is 5.73 Å². The number of aromatic nitrogens is 3. The van der Waals surface area contributed by atoms with Crippen LogP contribution >= 0.6 is 0 Å². The van der Waals surface area contributed by atoms with Crippen molar-refractivity contribution in [3.63, 3.8) is 0 Å². The Morgan fingerprint density at radius 3 is 2.75 bits per heavy atom. The zero-order valence-corrected chi connectivity index (χ0v) is 8.54. The van der Waals surface area contributed by atoms with Crippen molar-refractivity contribution in [3.05, 3.63) is 49.1 Å². The molecule has 0 saturated heterocycles. The van der Waals surface area contributed by atoms with Gasteiger partial charge in [-0.05, 0) is 0 Å². The molecule has 0 aliphatic carbocycles. The molecule has 0 fully saturated rings. The van der Waals surface area contributed by atoms with Crippen molar-refractivity contribution in [1.29, 1.82) is 0 Å². The second-order valence-corrected chi connectivity index (χ2v) is 3.60. The molecule has 3 aromatic rings. The molecule has 78 valence electrons. The first-order chi connectivity index (χ1) is 7.84. The minimum absolute atomic E-state index is 0.646. The van der Waals surface area contributed by atoms with Crippen molar-refractivity contribution in [3.8, 4) is 5.69 Å². The van der Waals surface area contributed by atoms with Gasteiger partial charge in [-0.25, -0.2) is 4.68 Å². The summed E-state index contributed by atoms with van der Waals surface area (Å²) in [7, 11) is 0. The topological polar surface area (TPSA) is 56.7 Å². The summed E-state index contributed by atoms with van der Waals surface area (Å²) >= 11 is 0. The lowest BCUT2D eigenvalue weighted by atomic mass is 10.1. The SMILES string of the molecule is Nc1cnn(-c2cncc3ccccc23)c1. The number of rotatable bonds is 1. The van der Waals surface area contributed by atoms with E-state index >= 15 is 0 Å². The summed E-state index contributed by atoms with van der Waals surface area (Å²) in [6.07, 6.45) is 7.03. The maximum absolute atomic E-state index is 5.66. The van der Waals surface area contributed by atoms with Gasteiger partial charge in [-0.1, -0.05) is 24.3 Å². The first-order valence-electron chi connectivity index (χ1n) is 4.98. The van der Waals surface area contributed by atoms with Crippen LogP contribution in [0.15, 0.2) is 49.1 Å². The smallest absolute Gasteiger partial charge is 0.0907 e. The van der Waals surface area contributed by atoms with E-state index < -0.39 is 0 Å². The van der Waals surface area contributed by atoms with Crippen molar-refractivity contribution >= 4 is 16.5 Å². The van der Waals surface area contributed by atoms with E-state index in [1.54, 1.807) is 23.3 Å². The molecule has 0 unspecified atom stereocenters. The molecule has 0 aliphatic heterocycles. The number of nitrogens with two attached hydrogens (primary N) is 1. The minimum Gasteiger partial charge on any atom is -0.396 e. The van der Waals surface area contributed by atoms with Crippen molar-refractivity contribution in [2.24, 2.45) is 0 Å². The van der Waals surface area contributed by atoms with Crippen LogP contribution in [0.2, 0.25) is 0 Å². The van der Waals surface area contributed by atoms with Gasteiger partial charge in [-0.2, -0.15) is 5.10 Å². The molecule has 2 N–H and O–H groups in total. The highest BCUT2D eigenvalue weighted by molar-refractivity contribution is 5.88. The van der Waals surface area contributed by atoms with Crippen molar-refractivity contribution < 1.29 is 0 Å². The summed E-state index contributed by atoms with van der Waals surface area (Å²) in [5, 5.41) is 6.39. The van der Waals surface area contributed by atoms with Crippen LogP contribution in [0.4, 0.5) is 5.69 Å². The zero-order chi connectivity index (χ0) is 11.0. The molecular weight excluding hydrogens is 200 g/mol. The molecule has 2 aromatic heterocycles. The van der Waals surface area contributed by atoms with E-state index in [1.165, 1.54) is 0 Å². The Morgan fingerprint density at radius 1 is 1.06 bits per heavy atom. The third-order valence-electron chi connectivity index (χ3n) is 2.50. The fourth-order valence-electron chi connectivity index (χ4n) is 1.75. The number of fused-ring (bicyclic) bond motifs is 1. The second kappa shape index (κ2) is 3.34. The molecule has 0 atom stereocenters. The molecule has 0 amide bonds. The Balaban J connectivity index is 2.31. The van der Waals surface area contributed by atoms with E-state index in [2.05, 4.69) is 10.1 Å². The summed E-state index contributed by atoms with van der Waals surface area (Å²) in [4.78, 5) is 4.20. The number of nitrogen functional groups attached to an aromatic ring is 1. The quantitative estimate of drug-likeness (QED) is 0.668. The largest absolute Gasteiger partial charge is 0.396 e. The van der Waals surface area contributed by atoms with E-state index in [0.29, 0.717) is 5.69 Å². The van der Waals surface area contributed by atoms with Crippen LogP contribution in [0.25, 0.3) is 16.5 Å². The van der Waals surface area contributed by atoms with Gasteiger partial charge in [0, 0.05) is 17.0 Å². The molecule has 4 heteroatoms. The van der Waals surface area contributed by atoms with E-state index in [9.17, 15) is 0 Å². The molecule has 4 nitrogen and oxygen atoms in total. The molecular formula is C12H10N4. The number of benzene rings is 1. The van der Waals surface area contributed by atoms with E-state index in [1.807, 2.05) is 30.5 Å².